The molecular weight excluding hydrogens is 250 g/mol. The van der Waals surface area contributed by atoms with Crippen molar-refractivity contribution < 1.29 is 9.53 Å². The smallest absolute Gasteiger partial charge is 0.326 e. The zero-order valence-corrected chi connectivity index (χ0v) is 12.1. The van der Waals surface area contributed by atoms with Crippen LogP contribution in [-0.4, -0.2) is 24.7 Å². The van der Waals surface area contributed by atoms with Crippen molar-refractivity contribution in [1.29, 1.82) is 0 Å². The van der Waals surface area contributed by atoms with Crippen LogP contribution in [0.3, 0.4) is 0 Å². The Kier molecular flexibility index (Phi) is 3.79. The van der Waals surface area contributed by atoms with Crippen LogP contribution < -0.4 is 5.32 Å². The van der Waals surface area contributed by atoms with Crippen LogP contribution in [0.25, 0.3) is 0 Å². The summed E-state index contributed by atoms with van der Waals surface area (Å²) in [7, 11) is 1.50. The number of nitrogens with one attached hydrogen (secondary N) is 1. The summed E-state index contributed by atoms with van der Waals surface area (Å²) in [4.78, 5) is 12.4. The first-order valence-corrected chi connectivity index (χ1v) is 7.63. The van der Waals surface area contributed by atoms with Crippen molar-refractivity contribution in [2.45, 2.75) is 50.1 Å². The van der Waals surface area contributed by atoms with Gasteiger partial charge in [-0.25, -0.2) is 0 Å². The van der Waals surface area contributed by atoms with Gasteiger partial charge in [0.05, 0.1) is 7.11 Å². The van der Waals surface area contributed by atoms with Gasteiger partial charge in [0.15, 0.2) is 0 Å². The first-order valence-electron chi connectivity index (χ1n) is 7.63. The van der Waals surface area contributed by atoms with E-state index >= 15 is 0 Å². The highest BCUT2D eigenvalue weighted by atomic mass is 16.5. The molecule has 0 amide bonds. The molecule has 1 aliphatic heterocycles. The quantitative estimate of drug-likeness (QED) is 0.861. The number of esters is 1. The van der Waals surface area contributed by atoms with Crippen LogP contribution in [-0.2, 0) is 16.0 Å². The van der Waals surface area contributed by atoms with E-state index in [1.807, 2.05) is 18.2 Å². The molecule has 3 rings (SSSR count). The number of fused-ring (bicyclic) bond motifs is 1. The van der Waals surface area contributed by atoms with Crippen molar-refractivity contribution in [2.24, 2.45) is 5.92 Å². The lowest BCUT2D eigenvalue weighted by atomic mass is 9.81. The molecule has 1 aromatic carbocycles. The number of methoxy groups -OCH3 is 1. The van der Waals surface area contributed by atoms with Crippen molar-refractivity contribution >= 4 is 5.97 Å². The molecule has 0 radical (unpaired) electrons. The van der Waals surface area contributed by atoms with Gasteiger partial charge in [0.2, 0.25) is 0 Å². The number of hydrogen-bond donors (Lipinski definition) is 1. The van der Waals surface area contributed by atoms with E-state index in [2.05, 4.69) is 17.4 Å². The number of carbonyl (C=O) groups is 1. The molecule has 1 heterocycles. The number of carbonyl (C=O) groups excluding carboxylic acids is 1. The van der Waals surface area contributed by atoms with Gasteiger partial charge in [-0.15, -0.1) is 0 Å². The third-order valence-corrected chi connectivity index (χ3v) is 4.91. The maximum atomic E-state index is 12.4. The van der Waals surface area contributed by atoms with Gasteiger partial charge in [-0.3, -0.25) is 10.1 Å². The molecule has 0 bridgehead atoms. The minimum Gasteiger partial charge on any atom is -0.468 e. The minimum atomic E-state index is -0.518. The summed E-state index contributed by atoms with van der Waals surface area (Å²) in [6.07, 6.45) is 6.65. The van der Waals surface area contributed by atoms with Gasteiger partial charge in [0.1, 0.15) is 5.54 Å². The average Bonchev–Trinajstić information content (AvgIpc) is 2.86. The van der Waals surface area contributed by atoms with Crippen molar-refractivity contribution in [1.82, 2.24) is 5.32 Å². The molecule has 1 aliphatic carbocycles. The Morgan fingerprint density at radius 3 is 2.75 bits per heavy atom. The maximum Gasteiger partial charge on any atom is 0.326 e. The molecule has 108 valence electrons. The standard InChI is InChI=1S/C17H23NO2/c1-20-16(19)17(11-13-7-3-2-4-8-13)12-14-9-5-6-10-15(14)18-17/h2-4,7-8,14-15,18H,5-6,9-12H2,1H3/t14-,15-,17-/m0/s1. The summed E-state index contributed by atoms with van der Waals surface area (Å²) < 4.78 is 5.11. The zero-order chi connectivity index (χ0) is 14.0. The largest absolute Gasteiger partial charge is 0.468 e. The fourth-order valence-corrected chi connectivity index (χ4v) is 3.98. The summed E-state index contributed by atoms with van der Waals surface area (Å²) in [6.45, 7) is 0. The topological polar surface area (TPSA) is 38.3 Å². The highest BCUT2D eigenvalue weighted by molar-refractivity contribution is 5.82. The summed E-state index contributed by atoms with van der Waals surface area (Å²) in [5, 5.41) is 3.63. The Morgan fingerprint density at radius 1 is 1.30 bits per heavy atom. The van der Waals surface area contributed by atoms with Crippen LogP contribution >= 0.6 is 0 Å². The van der Waals surface area contributed by atoms with Crippen molar-refractivity contribution in [3.8, 4) is 0 Å². The summed E-state index contributed by atoms with van der Waals surface area (Å²) in [5.74, 6) is 0.530. The fourth-order valence-electron chi connectivity index (χ4n) is 3.98. The van der Waals surface area contributed by atoms with E-state index in [1.165, 1.54) is 38.4 Å². The third-order valence-electron chi connectivity index (χ3n) is 4.91. The number of benzene rings is 1. The maximum absolute atomic E-state index is 12.4. The van der Waals surface area contributed by atoms with E-state index in [9.17, 15) is 4.79 Å². The number of hydrogen-bond acceptors (Lipinski definition) is 3. The lowest BCUT2D eigenvalue weighted by Gasteiger charge is -2.28. The van der Waals surface area contributed by atoms with Crippen molar-refractivity contribution in [3.63, 3.8) is 0 Å². The molecule has 1 saturated heterocycles. The van der Waals surface area contributed by atoms with Gasteiger partial charge >= 0.3 is 5.97 Å². The first-order chi connectivity index (χ1) is 9.73. The predicted octanol–water partition coefficient (Wildman–Crippen LogP) is 2.69. The van der Waals surface area contributed by atoms with Gasteiger partial charge in [-0.1, -0.05) is 43.2 Å². The Balaban J connectivity index is 1.84. The molecule has 1 N–H and O–H groups in total. The molecule has 0 spiro atoms. The van der Waals surface area contributed by atoms with Crippen LogP contribution in [0.4, 0.5) is 0 Å². The Bertz CT molecular complexity index is 457. The SMILES string of the molecule is COC(=O)[C@]1(Cc2ccccc2)C[C@@H]2CCCC[C@@H]2N1. The molecule has 3 heteroatoms. The van der Waals surface area contributed by atoms with Gasteiger partial charge in [-0.2, -0.15) is 0 Å². The number of ether oxygens (including phenoxy) is 1. The second kappa shape index (κ2) is 5.57. The lowest BCUT2D eigenvalue weighted by molar-refractivity contribution is -0.148. The number of rotatable bonds is 3. The van der Waals surface area contributed by atoms with Crippen LogP contribution in [0.2, 0.25) is 0 Å². The van der Waals surface area contributed by atoms with Gasteiger partial charge < -0.3 is 4.74 Å². The summed E-state index contributed by atoms with van der Waals surface area (Å²) in [6, 6.07) is 10.7. The van der Waals surface area contributed by atoms with Gasteiger partial charge in [0, 0.05) is 12.5 Å². The van der Waals surface area contributed by atoms with Crippen LogP contribution in [0.1, 0.15) is 37.7 Å². The minimum absolute atomic E-state index is 0.101. The van der Waals surface area contributed by atoms with Crippen LogP contribution in [0, 0.1) is 5.92 Å². The zero-order valence-electron chi connectivity index (χ0n) is 12.1. The highest BCUT2D eigenvalue weighted by Crippen LogP contribution is 2.40. The molecule has 0 unspecified atom stereocenters. The Labute approximate surface area is 120 Å². The molecular formula is C17H23NO2. The third kappa shape index (κ3) is 2.47. The second-order valence-electron chi connectivity index (χ2n) is 6.24. The van der Waals surface area contributed by atoms with Crippen molar-refractivity contribution in [2.75, 3.05) is 7.11 Å². The summed E-state index contributed by atoms with van der Waals surface area (Å²) in [5.41, 5.74) is 0.680. The first kappa shape index (κ1) is 13.6. The Hall–Kier alpha value is -1.35. The predicted molar refractivity (Wildman–Crippen MR) is 78.4 cm³/mol. The highest BCUT2D eigenvalue weighted by Gasteiger charge is 2.50. The second-order valence-corrected chi connectivity index (χ2v) is 6.24. The molecule has 3 atom stereocenters. The van der Waals surface area contributed by atoms with E-state index < -0.39 is 5.54 Å². The van der Waals surface area contributed by atoms with E-state index in [0.717, 1.165) is 12.8 Å². The lowest BCUT2D eigenvalue weighted by Crippen LogP contribution is -2.52. The van der Waals surface area contributed by atoms with Crippen LogP contribution in [0.15, 0.2) is 30.3 Å². The van der Waals surface area contributed by atoms with Crippen molar-refractivity contribution in [3.05, 3.63) is 35.9 Å². The van der Waals surface area contributed by atoms with Gasteiger partial charge in [-0.05, 0) is 30.7 Å². The Morgan fingerprint density at radius 2 is 2.05 bits per heavy atom. The average molecular weight is 273 g/mol. The van der Waals surface area contributed by atoms with E-state index in [4.69, 9.17) is 4.74 Å². The van der Waals surface area contributed by atoms with E-state index in [-0.39, 0.29) is 5.97 Å². The fraction of sp³-hybridized carbons (Fsp3) is 0.588. The molecule has 1 saturated carbocycles. The molecule has 1 aromatic rings. The molecule has 2 fully saturated rings. The molecule has 0 aromatic heterocycles. The molecule has 2 aliphatic rings. The van der Waals surface area contributed by atoms with Gasteiger partial charge in [0.25, 0.3) is 0 Å². The summed E-state index contributed by atoms with van der Waals surface area (Å²) >= 11 is 0. The monoisotopic (exact) mass is 273 g/mol. The molecule has 3 nitrogen and oxygen atoms in total. The van der Waals surface area contributed by atoms with Crippen LogP contribution in [0.5, 0.6) is 0 Å². The van der Waals surface area contributed by atoms with E-state index in [1.54, 1.807) is 0 Å². The normalized spacial score (nSPS) is 32.6. The molecule has 20 heavy (non-hydrogen) atoms. The van der Waals surface area contributed by atoms with E-state index in [0.29, 0.717) is 12.0 Å².